The van der Waals surface area contributed by atoms with Crippen molar-refractivity contribution in [2.24, 2.45) is 0 Å². The molecule has 3 rings (SSSR count). The average Bonchev–Trinajstić information content (AvgIpc) is 3.23. The molecule has 6 nitrogen and oxygen atoms in total. The first-order valence-corrected chi connectivity index (χ1v) is 8.38. The van der Waals surface area contributed by atoms with Gasteiger partial charge in [-0.3, -0.25) is 9.69 Å². The summed E-state index contributed by atoms with van der Waals surface area (Å²) in [5.74, 6) is 0.651. The van der Waals surface area contributed by atoms with Crippen LogP contribution in [0.25, 0.3) is 0 Å². The van der Waals surface area contributed by atoms with Gasteiger partial charge in [0.25, 0.3) is 0 Å². The number of carbonyl (C=O) groups excluding carboxylic acids is 2. The molecule has 1 saturated heterocycles. The van der Waals surface area contributed by atoms with Gasteiger partial charge in [0, 0.05) is 30.1 Å². The van der Waals surface area contributed by atoms with Crippen LogP contribution in [-0.2, 0) is 11.3 Å². The fourth-order valence-electron chi connectivity index (χ4n) is 2.47. The van der Waals surface area contributed by atoms with E-state index in [1.807, 2.05) is 35.7 Å². The first kappa shape index (κ1) is 15.5. The summed E-state index contributed by atoms with van der Waals surface area (Å²) in [6, 6.07) is 9.24. The van der Waals surface area contributed by atoms with Gasteiger partial charge in [0.1, 0.15) is 5.82 Å². The Labute approximate surface area is 138 Å². The Bertz CT molecular complexity index is 660. The molecule has 1 aliphatic rings. The van der Waals surface area contributed by atoms with Crippen LogP contribution < -0.4 is 15.5 Å². The number of nitrogens with zero attached hydrogens (tertiary/aromatic N) is 2. The predicted molar refractivity (Wildman–Crippen MR) is 89.3 cm³/mol. The van der Waals surface area contributed by atoms with Gasteiger partial charge in [-0.15, -0.1) is 11.3 Å². The number of amides is 3. The molecule has 0 aliphatic carbocycles. The lowest BCUT2D eigenvalue weighted by molar-refractivity contribution is -0.119. The van der Waals surface area contributed by atoms with E-state index >= 15 is 0 Å². The maximum absolute atomic E-state index is 12.6. The third kappa shape index (κ3) is 4.07. The summed E-state index contributed by atoms with van der Waals surface area (Å²) in [6.45, 7) is 0.899. The van der Waals surface area contributed by atoms with Crippen molar-refractivity contribution < 1.29 is 9.59 Å². The van der Waals surface area contributed by atoms with E-state index in [2.05, 4.69) is 15.6 Å². The van der Waals surface area contributed by atoms with Crippen LogP contribution in [0.4, 0.5) is 10.6 Å². The summed E-state index contributed by atoms with van der Waals surface area (Å²) in [6.07, 6.45) is 2.95. The van der Waals surface area contributed by atoms with Crippen LogP contribution in [-0.4, -0.2) is 29.5 Å². The van der Waals surface area contributed by atoms with Crippen molar-refractivity contribution >= 4 is 29.1 Å². The maximum atomic E-state index is 12.6. The standard InChI is InChI=1S/C16H18N4O2S/c21-15-7-6-12(19-15)10-18-16(22)20(11-13-4-3-9-23-13)14-5-1-2-8-17-14/h1-5,8-9,12H,6-7,10-11H2,(H,18,22)(H,19,21). The number of urea groups is 1. The third-order valence-corrected chi connectivity index (χ3v) is 4.51. The van der Waals surface area contributed by atoms with E-state index in [4.69, 9.17) is 0 Å². The highest BCUT2D eigenvalue weighted by Crippen LogP contribution is 2.17. The largest absolute Gasteiger partial charge is 0.352 e. The average molecular weight is 330 g/mol. The Balaban J connectivity index is 1.67. The SMILES string of the molecule is O=C1CCC(CNC(=O)N(Cc2cccs2)c2ccccn2)N1. The molecule has 23 heavy (non-hydrogen) atoms. The summed E-state index contributed by atoms with van der Waals surface area (Å²) in [7, 11) is 0. The third-order valence-electron chi connectivity index (χ3n) is 3.65. The molecule has 1 unspecified atom stereocenters. The lowest BCUT2D eigenvalue weighted by Crippen LogP contribution is -2.45. The Kier molecular flexibility index (Phi) is 4.87. The minimum Gasteiger partial charge on any atom is -0.352 e. The molecule has 0 saturated carbocycles. The topological polar surface area (TPSA) is 74.3 Å². The summed E-state index contributed by atoms with van der Waals surface area (Å²) >= 11 is 1.60. The summed E-state index contributed by atoms with van der Waals surface area (Å²) in [5, 5.41) is 7.72. The number of carbonyl (C=O) groups is 2. The van der Waals surface area contributed by atoms with Crippen LogP contribution in [0.3, 0.4) is 0 Å². The Morgan fingerprint density at radius 1 is 1.39 bits per heavy atom. The smallest absolute Gasteiger partial charge is 0.323 e. The minimum absolute atomic E-state index is 0.0128. The van der Waals surface area contributed by atoms with Crippen LogP contribution in [0.2, 0.25) is 0 Å². The summed E-state index contributed by atoms with van der Waals surface area (Å²) in [5.41, 5.74) is 0. The van der Waals surface area contributed by atoms with Gasteiger partial charge in [0.05, 0.1) is 6.54 Å². The van der Waals surface area contributed by atoms with Crippen LogP contribution in [0.1, 0.15) is 17.7 Å². The zero-order valence-electron chi connectivity index (χ0n) is 12.6. The summed E-state index contributed by atoms with van der Waals surface area (Å²) in [4.78, 5) is 30.8. The van der Waals surface area contributed by atoms with Crippen molar-refractivity contribution in [2.45, 2.75) is 25.4 Å². The minimum atomic E-state index is -0.210. The first-order valence-electron chi connectivity index (χ1n) is 7.50. The number of hydrogen-bond acceptors (Lipinski definition) is 4. The van der Waals surface area contributed by atoms with Crippen molar-refractivity contribution in [3.05, 3.63) is 46.8 Å². The highest BCUT2D eigenvalue weighted by atomic mass is 32.1. The van der Waals surface area contributed by atoms with Gasteiger partial charge in [-0.25, -0.2) is 9.78 Å². The molecule has 0 aromatic carbocycles. The molecule has 1 aliphatic heterocycles. The van der Waals surface area contributed by atoms with Crippen molar-refractivity contribution in [3.63, 3.8) is 0 Å². The number of thiophene rings is 1. The van der Waals surface area contributed by atoms with E-state index in [1.165, 1.54) is 0 Å². The molecule has 2 N–H and O–H groups in total. The normalized spacial score (nSPS) is 16.9. The van der Waals surface area contributed by atoms with Crippen molar-refractivity contribution in [3.8, 4) is 0 Å². The first-order chi connectivity index (χ1) is 11.2. The van der Waals surface area contributed by atoms with E-state index in [0.717, 1.165) is 11.3 Å². The van der Waals surface area contributed by atoms with Crippen molar-refractivity contribution in [1.29, 1.82) is 0 Å². The molecule has 1 atom stereocenters. The monoisotopic (exact) mass is 330 g/mol. The number of anilines is 1. The zero-order chi connectivity index (χ0) is 16.1. The fourth-order valence-corrected chi connectivity index (χ4v) is 3.16. The van der Waals surface area contributed by atoms with Crippen molar-refractivity contribution in [1.82, 2.24) is 15.6 Å². The second kappa shape index (κ2) is 7.23. The molecular weight excluding hydrogens is 312 g/mol. The molecule has 7 heteroatoms. The zero-order valence-corrected chi connectivity index (χ0v) is 13.4. The van der Waals surface area contributed by atoms with Crippen LogP contribution in [0.5, 0.6) is 0 Å². The molecular formula is C16H18N4O2S. The number of pyridine rings is 1. The molecule has 0 radical (unpaired) electrons. The lowest BCUT2D eigenvalue weighted by Gasteiger charge is -2.22. The van der Waals surface area contributed by atoms with E-state index in [1.54, 1.807) is 22.4 Å². The van der Waals surface area contributed by atoms with E-state index in [9.17, 15) is 9.59 Å². The van der Waals surface area contributed by atoms with Crippen LogP contribution in [0.15, 0.2) is 41.9 Å². The number of rotatable bonds is 5. The van der Waals surface area contributed by atoms with Gasteiger partial charge >= 0.3 is 6.03 Å². The van der Waals surface area contributed by atoms with Crippen LogP contribution in [0, 0.1) is 0 Å². The van der Waals surface area contributed by atoms with Gasteiger partial charge in [-0.2, -0.15) is 0 Å². The molecule has 0 spiro atoms. The fraction of sp³-hybridized carbons (Fsp3) is 0.312. The molecule has 1 fully saturated rings. The Morgan fingerprint density at radius 2 is 2.30 bits per heavy atom. The second-order valence-electron chi connectivity index (χ2n) is 5.34. The molecule has 2 aromatic rings. The Morgan fingerprint density at radius 3 is 2.96 bits per heavy atom. The molecule has 3 amide bonds. The van der Waals surface area contributed by atoms with Gasteiger partial charge in [-0.1, -0.05) is 12.1 Å². The van der Waals surface area contributed by atoms with Gasteiger partial charge in [-0.05, 0) is 30.0 Å². The van der Waals surface area contributed by atoms with Crippen molar-refractivity contribution in [2.75, 3.05) is 11.4 Å². The Hall–Kier alpha value is -2.41. The van der Waals surface area contributed by atoms with Gasteiger partial charge in [0.15, 0.2) is 0 Å². The van der Waals surface area contributed by atoms with E-state index < -0.39 is 0 Å². The molecule has 0 bridgehead atoms. The summed E-state index contributed by atoms with van der Waals surface area (Å²) < 4.78 is 0. The van der Waals surface area contributed by atoms with Gasteiger partial charge in [0.2, 0.25) is 5.91 Å². The molecule has 3 heterocycles. The molecule has 120 valence electrons. The van der Waals surface area contributed by atoms with E-state index in [0.29, 0.717) is 25.3 Å². The number of hydrogen-bond donors (Lipinski definition) is 2. The second-order valence-corrected chi connectivity index (χ2v) is 6.37. The highest BCUT2D eigenvalue weighted by Gasteiger charge is 2.23. The predicted octanol–water partition coefficient (Wildman–Crippen LogP) is 2.14. The number of nitrogens with one attached hydrogen (secondary N) is 2. The van der Waals surface area contributed by atoms with E-state index in [-0.39, 0.29) is 18.0 Å². The maximum Gasteiger partial charge on any atom is 0.323 e. The lowest BCUT2D eigenvalue weighted by atomic mass is 10.2. The number of aromatic nitrogens is 1. The van der Waals surface area contributed by atoms with Crippen LogP contribution >= 0.6 is 11.3 Å². The quantitative estimate of drug-likeness (QED) is 0.882. The highest BCUT2D eigenvalue weighted by molar-refractivity contribution is 7.09. The van der Waals surface area contributed by atoms with Gasteiger partial charge < -0.3 is 10.6 Å². The molecule has 2 aromatic heterocycles.